The number of carbonyl (C=O) groups is 1. The Morgan fingerprint density at radius 1 is 1.67 bits per heavy atom. The number of hydrogen-bond donors (Lipinski definition) is 1. The number of ether oxygens (including phenoxy) is 2. The third-order valence-corrected chi connectivity index (χ3v) is 2.60. The molecule has 5 heteroatoms. The van der Waals surface area contributed by atoms with E-state index in [1.165, 1.54) is 0 Å². The molecule has 0 aromatic rings. The fourth-order valence-electron chi connectivity index (χ4n) is 1.82. The van der Waals surface area contributed by atoms with Crippen molar-refractivity contribution in [3.63, 3.8) is 0 Å². The Kier molecular flexibility index (Phi) is 5.42. The van der Waals surface area contributed by atoms with Gasteiger partial charge in [0.15, 0.2) is 0 Å². The number of cyclic esters (lactones) is 1. The molecule has 0 spiro atoms. The fourth-order valence-corrected chi connectivity index (χ4v) is 1.82. The molecular weight excluding hydrogens is 196 g/mol. The van der Waals surface area contributed by atoms with E-state index in [0.717, 1.165) is 19.3 Å². The second-order valence-corrected chi connectivity index (χ2v) is 3.67. The molecule has 5 nitrogen and oxygen atoms in total. The van der Waals surface area contributed by atoms with Crippen LogP contribution < -0.4 is 5.73 Å². The zero-order valence-corrected chi connectivity index (χ0v) is 9.28. The summed E-state index contributed by atoms with van der Waals surface area (Å²) < 4.78 is 9.96. The molecule has 1 saturated heterocycles. The minimum Gasteiger partial charge on any atom is -0.449 e. The second-order valence-electron chi connectivity index (χ2n) is 3.67. The van der Waals surface area contributed by atoms with E-state index < -0.39 is 0 Å². The maximum Gasteiger partial charge on any atom is 0.410 e. The monoisotopic (exact) mass is 216 g/mol. The number of amides is 1. The SMILES string of the molecule is COCCCN1C(=O)OCCC1CCN. The van der Waals surface area contributed by atoms with Crippen molar-refractivity contribution in [2.75, 3.05) is 33.4 Å². The van der Waals surface area contributed by atoms with Crippen LogP contribution in [0.2, 0.25) is 0 Å². The Hall–Kier alpha value is -0.810. The van der Waals surface area contributed by atoms with Crippen molar-refractivity contribution in [2.45, 2.75) is 25.3 Å². The zero-order chi connectivity index (χ0) is 11.1. The molecule has 0 saturated carbocycles. The van der Waals surface area contributed by atoms with Crippen LogP contribution in [0.1, 0.15) is 19.3 Å². The predicted molar refractivity (Wildman–Crippen MR) is 56.6 cm³/mol. The molecule has 2 N–H and O–H groups in total. The first-order valence-corrected chi connectivity index (χ1v) is 5.42. The van der Waals surface area contributed by atoms with Crippen LogP contribution in [0.25, 0.3) is 0 Å². The van der Waals surface area contributed by atoms with Gasteiger partial charge < -0.3 is 20.1 Å². The van der Waals surface area contributed by atoms with Crippen LogP contribution in [0.5, 0.6) is 0 Å². The molecule has 0 aromatic heterocycles. The van der Waals surface area contributed by atoms with Gasteiger partial charge in [-0.25, -0.2) is 4.79 Å². The Balaban J connectivity index is 2.41. The van der Waals surface area contributed by atoms with Gasteiger partial charge in [0.1, 0.15) is 0 Å². The maximum absolute atomic E-state index is 11.5. The summed E-state index contributed by atoms with van der Waals surface area (Å²) in [6, 6.07) is 0.244. The van der Waals surface area contributed by atoms with E-state index in [1.54, 1.807) is 12.0 Å². The predicted octanol–water partition coefficient (Wildman–Crippen LogP) is 0.583. The summed E-state index contributed by atoms with van der Waals surface area (Å²) in [5.74, 6) is 0. The standard InChI is InChI=1S/C10H20N2O3/c1-14-7-2-6-12-9(3-5-11)4-8-15-10(12)13/h9H,2-8,11H2,1H3. The Morgan fingerprint density at radius 2 is 2.47 bits per heavy atom. The van der Waals surface area contributed by atoms with E-state index in [1.807, 2.05) is 0 Å². The fraction of sp³-hybridized carbons (Fsp3) is 0.900. The summed E-state index contributed by atoms with van der Waals surface area (Å²) in [7, 11) is 1.66. The van der Waals surface area contributed by atoms with Crippen molar-refractivity contribution in [1.82, 2.24) is 4.90 Å². The number of carbonyl (C=O) groups excluding carboxylic acids is 1. The first-order chi connectivity index (χ1) is 7.29. The maximum atomic E-state index is 11.5. The molecule has 0 aliphatic carbocycles. The number of nitrogens with zero attached hydrogens (tertiary/aromatic N) is 1. The lowest BCUT2D eigenvalue weighted by Crippen LogP contribution is -2.47. The molecule has 0 aromatic carbocycles. The molecule has 1 heterocycles. The normalized spacial score (nSPS) is 21.6. The van der Waals surface area contributed by atoms with E-state index in [4.69, 9.17) is 15.2 Å². The van der Waals surface area contributed by atoms with Crippen LogP contribution in [0, 0.1) is 0 Å². The van der Waals surface area contributed by atoms with Crippen LogP contribution in [0.4, 0.5) is 4.79 Å². The number of hydrogen-bond acceptors (Lipinski definition) is 4. The Bertz CT molecular complexity index is 197. The van der Waals surface area contributed by atoms with Crippen LogP contribution in [-0.2, 0) is 9.47 Å². The van der Waals surface area contributed by atoms with Gasteiger partial charge >= 0.3 is 6.09 Å². The third-order valence-electron chi connectivity index (χ3n) is 2.60. The topological polar surface area (TPSA) is 64.8 Å². The van der Waals surface area contributed by atoms with E-state index in [-0.39, 0.29) is 12.1 Å². The van der Waals surface area contributed by atoms with Crippen LogP contribution in [0.15, 0.2) is 0 Å². The minimum atomic E-state index is -0.212. The summed E-state index contributed by atoms with van der Waals surface area (Å²) in [6.45, 7) is 2.49. The lowest BCUT2D eigenvalue weighted by Gasteiger charge is -2.34. The molecule has 1 amide bonds. The van der Waals surface area contributed by atoms with Crippen LogP contribution in [0.3, 0.4) is 0 Å². The molecule has 1 fully saturated rings. The molecule has 0 radical (unpaired) electrons. The number of methoxy groups -OCH3 is 1. The van der Waals surface area contributed by atoms with Crippen molar-refractivity contribution in [3.8, 4) is 0 Å². The lowest BCUT2D eigenvalue weighted by atomic mass is 10.1. The highest BCUT2D eigenvalue weighted by molar-refractivity contribution is 5.68. The van der Waals surface area contributed by atoms with Gasteiger partial charge in [0.05, 0.1) is 6.61 Å². The van der Waals surface area contributed by atoms with Gasteiger partial charge in [0, 0.05) is 32.7 Å². The largest absolute Gasteiger partial charge is 0.449 e. The van der Waals surface area contributed by atoms with Crippen molar-refractivity contribution >= 4 is 6.09 Å². The van der Waals surface area contributed by atoms with Crippen molar-refractivity contribution < 1.29 is 14.3 Å². The number of rotatable bonds is 6. The average Bonchev–Trinajstić information content (AvgIpc) is 2.23. The molecular formula is C10H20N2O3. The van der Waals surface area contributed by atoms with Gasteiger partial charge in [-0.3, -0.25) is 0 Å². The van der Waals surface area contributed by atoms with E-state index in [9.17, 15) is 4.79 Å². The highest BCUT2D eigenvalue weighted by atomic mass is 16.6. The van der Waals surface area contributed by atoms with E-state index >= 15 is 0 Å². The minimum absolute atomic E-state index is 0.212. The van der Waals surface area contributed by atoms with Crippen LogP contribution >= 0.6 is 0 Å². The third kappa shape index (κ3) is 3.68. The molecule has 1 aliphatic rings. The smallest absolute Gasteiger partial charge is 0.410 e. The molecule has 1 atom stereocenters. The summed E-state index contributed by atoms with van der Waals surface area (Å²) in [6.07, 6.45) is 2.36. The zero-order valence-electron chi connectivity index (χ0n) is 9.28. The van der Waals surface area contributed by atoms with Gasteiger partial charge in [-0.15, -0.1) is 0 Å². The molecule has 0 bridgehead atoms. The van der Waals surface area contributed by atoms with E-state index in [0.29, 0.717) is 26.3 Å². The van der Waals surface area contributed by atoms with Crippen molar-refractivity contribution in [3.05, 3.63) is 0 Å². The molecule has 1 rings (SSSR count). The molecule has 1 aliphatic heterocycles. The van der Waals surface area contributed by atoms with Crippen LogP contribution in [-0.4, -0.2) is 50.4 Å². The first kappa shape index (κ1) is 12.3. The van der Waals surface area contributed by atoms with Gasteiger partial charge in [-0.1, -0.05) is 0 Å². The van der Waals surface area contributed by atoms with Gasteiger partial charge in [-0.05, 0) is 19.4 Å². The van der Waals surface area contributed by atoms with Crippen molar-refractivity contribution in [1.29, 1.82) is 0 Å². The molecule has 88 valence electrons. The summed E-state index contributed by atoms with van der Waals surface area (Å²) in [5, 5.41) is 0. The van der Waals surface area contributed by atoms with E-state index in [2.05, 4.69) is 0 Å². The van der Waals surface area contributed by atoms with Gasteiger partial charge in [0.2, 0.25) is 0 Å². The quantitative estimate of drug-likeness (QED) is 0.660. The highest BCUT2D eigenvalue weighted by Crippen LogP contribution is 2.16. The Morgan fingerprint density at radius 3 is 3.13 bits per heavy atom. The highest BCUT2D eigenvalue weighted by Gasteiger charge is 2.28. The van der Waals surface area contributed by atoms with Crippen molar-refractivity contribution in [2.24, 2.45) is 5.73 Å². The average molecular weight is 216 g/mol. The number of nitrogens with two attached hydrogens (primary N) is 1. The molecule has 1 unspecified atom stereocenters. The molecule has 15 heavy (non-hydrogen) atoms. The second kappa shape index (κ2) is 6.63. The lowest BCUT2D eigenvalue weighted by molar-refractivity contribution is 0.0386. The summed E-state index contributed by atoms with van der Waals surface area (Å²) in [5.41, 5.74) is 5.52. The Labute approximate surface area is 90.5 Å². The summed E-state index contributed by atoms with van der Waals surface area (Å²) >= 11 is 0. The van der Waals surface area contributed by atoms with Gasteiger partial charge in [-0.2, -0.15) is 0 Å². The summed E-state index contributed by atoms with van der Waals surface area (Å²) in [4.78, 5) is 13.3. The first-order valence-electron chi connectivity index (χ1n) is 5.42. The van der Waals surface area contributed by atoms with Gasteiger partial charge in [0.25, 0.3) is 0 Å².